The minimum atomic E-state index is 0.0276. The highest BCUT2D eigenvalue weighted by molar-refractivity contribution is 5.40. The molecule has 0 saturated heterocycles. The van der Waals surface area contributed by atoms with Crippen LogP contribution in [0.25, 0.3) is 5.65 Å². The summed E-state index contributed by atoms with van der Waals surface area (Å²) in [6.07, 6.45) is 1.81. The molecule has 0 N–H and O–H groups in total. The van der Waals surface area contributed by atoms with Crippen molar-refractivity contribution < 1.29 is 4.74 Å². The molecule has 0 amide bonds. The molecule has 4 nitrogen and oxygen atoms in total. The quantitative estimate of drug-likeness (QED) is 0.726. The number of aromatic nitrogens is 3. The normalized spacial score (nSPS) is 13.4. The standard InChI is InChI=1S/C10H13N3O/c1-7-6-10-11-5-4-9(8(2)14-3)13(10)12-7/h4-6,8H,1-3H3. The van der Waals surface area contributed by atoms with E-state index in [1.54, 1.807) is 13.3 Å². The predicted octanol–water partition coefficient (Wildman–Crippen LogP) is 1.75. The van der Waals surface area contributed by atoms with E-state index in [2.05, 4.69) is 10.1 Å². The Hall–Kier alpha value is -1.42. The number of ether oxygens (including phenoxy) is 1. The summed E-state index contributed by atoms with van der Waals surface area (Å²) in [6.45, 7) is 3.95. The molecule has 0 radical (unpaired) electrons. The van der Waals surface area contributed by atoms with Gasteiger partial charge in [-0.25, -0.2) is 9.50 Å². The highest BCUT2D eigenvalue weighted by Crippen LogP contribution is 2.16. The van der Waals surface area contributed by atoms with Crippen LogP contribution in [0, 0.1) is 6.92 Å². The average Bonchev–Trinajstić information content (AvgIpc) is 2.56. The fourth-order valence-electron chi connectivity index (χ4n) is 1.46. The Morgan fingerprint density at radius 1 is 1.50 bits per heavy atom. The van der Waals surface area contributed by atoms with E-state index >= 15 is 0 Å². The molecular weight excluding hydrogens is 178 g/mol. The van der Waals surface area contributed by atoms with Crippen molar-refractivity contribution in [2.75, 3.05) is 7.11 Å². The zero-order valence-corrected chi connectivity index (χ0v) is 8.56. The van der Waals surface area contributed by atoms with Gasteiger partial charge in [-0.05, 0) is 19.9 Å². The Morgan fingerprint density at radius 2 is 2.29 bits per heavy atom. The van der Waals surface area contributed by atoms with E-state index in [1.807, 2.05) is 30.5 Å². The van der Waals surface area contributed by atoms with Gasteiger partial charge in [-0.1, -0.05) is 0 Å². The molecule has 0 aliphatic rings. The molecule has 1 atom stereocenters. The lowest BCUT2D eigenvalue weighted by Crippen LogP contribution is -2.05. The SMILES string of the molecule is COC(C)c1ccnc2cc(C)nn12. The zero-order chi connectivity index (χ0) is 10.1. The number of aryl methyl sites for hydroxylation is 1. The van der Waals surface area contributed by atoms with E-state index in [0.717, 1.165) is 17.0 Å². The van der Waals surface area contributed by atoms with Gasteiger partial charge in [0, 0.05) is 19.4 Å². The molecule has 1 unspecified atom stereocenters. The summed E-state index contributed by atoms with van der Waals surface area (Å²) in [5.74, 6) is 0. The fraction of sp³-hybridized carbons (Fsp3) is 0.400. The number of hydrogen-bond donors (Lipinski definition) is 0. The van der Waals surface area contributed by atoms with E-state index in [0.29, 0.717) is 0 Å². The van der Waals surface area contributed by atoms with Crippen molar-refractivity contribution in [2.24, 2.45) is 0 Å². The molecule has 0 bridgehead atoms. The average molecular weight is 191 g/mol. The van der Waals surface area contributed by atoms with Crippen LogP contribution in [-0.2, 0) is 4.74 Å². The second kappa shape index (κ2) is 3.38. The van der Waals surface area contributed by atoms with Gasteiger partial charge in [-0.15, -0.1) is 0 Å². The lowest BCUT2D eigenvalue weighted by molar-refractivity contribution is 0.114. The third-order valence-electron chi connectivity index (χ3n) is 2.28. The van der Waals surface area contributed by atoms with E-state index < -0.39 is 0 Å². The maximum atomic E-state index is 5.26. The van der Waals surface area contributed by atoms with E-state index in [9.17, 15) is 0 Å². The molecule has 2 rings (SSSR count). The van der Waals surface area contributed by atoms with Gasteiger partial charge in [-0.2, -0.15) is 5.10 Å². The third kappa shape index (κ3) is 1.37. The summed E-state index contributed by atoms with van der Waals surface area (Å²) >= 11 is 0. The first-order valence-corrected chi connectivity index (χ1v) is 4.56. The van der Waals surface area contributed by atoms with Gasteiger partial charge >= 0.3 is 0 Å². The van der Waals surface area contributed by atoms with Crippen molar-refractivity contribution in [3.8, 4) is 0 Å². The molecule has 14 heavy (non-hydrogen) atoms. The Balaban J connectivity index is 2.64. The number of nitrogens with zero attached hydrogens (tertiary/aromatic N) is 3. The summed E-state index contributed by atoms with van der Waals surface area (Å²) in [4.78, 5) is 4.22. The monoisotopic (exact) mass is 191 g/mol. The van der Waals surface area contributed by atoms with Gasteiger partial charge in [0.2, 0.25) is 0 Å². The Bertz CT molecular complexity index is 450. The van der Waals surface area contributed by atoms with Gasteiger partial charge in [0.1, 0.15) is 0 Å². The van der Waals surface area contributed by atoms with Crippen molar-refractivity contribution >= 4 is 5.65 Å². The molecule has 0 aromatic carbocycles. The molecule has 0 spiro atoms. The van der Waals surface area contributed by atoms with Crippen LogP contribution in [0.5, 0.6) is 0 Å². The van der Waals surface area contributed by atoms with Crippen molar-refractivity contribution in [1.82, 2.24) is 14.6 Å². The summed E-state index contributed by atoms with van der Waals surface area (Å²) in [6, 6.07) is 3.87. The van der Waals surface area contributed by atoms with Crippen molar-refractivity contribution in [3.05, 3.63) is 29.7 Å². The van der Waals surface area contributed by atoms with Crippen molar-refractivity contribution in [1.29, 1.82) is 0 Å². The molecule has 74 valence electrons. The van der Waals surface area contributed by atoms with Gasteiger partial charge in [0.25, 0.3) is 0 Å². The van der Waals surface area contributed by atoms with Crippen LogP contribution in [0.15, 0.2) is 18.3 Å². The molecule has 0 saturated carbocycles. The van der Waals surface area contributed by atoms with Gasteiger partial charge < -0.3 is 4.74 Å². The Kier molecular flexibility index (Phi) is 2.21. The summed E-state index contributed by atoms with van der Waals surface area (Å²) < 4.78 is 7.09. The molecular formula is C10H13N3O. The lowest BCUT2D eigenvalue weighted by atomic mass is 10.3. The molecule has 2 heterocycles. The lowest BCUT2D eigenvalue weighted by Gasteiger charge is -2.10. The van der Waals surface area contributed by atoms with Crippen LogP contribution < -0.4 is 0 Å². The second-order valence-corrected chi connectivity index (χ2v) is 3.30. The van der Waals surface area contributed by atoms with Crippen molar-refractivity contribution in [3.63, 3.8) is 0 Å². The Morgan fingerprint density at radius 3 is 3.00 bits per heavy atom. The van der Waals surface area contributed by atoms with Gasteiger partial charge in [-0.3, -0.25) is 0 Å². The largest absolute Gasteiger partial charge is 0.375 e. The fourth-order valence-corrected chi connectivity index (χ4v) is 1.46. The van der Waals surface area contributed by atoms with Crippen LogP contribution in [0.1, 0.15) is 24.4 Å². The number of methoxy groups -OCH3 is 1. The first-order valence-electron chi connectivity index (χ1n) is 4.56. The van der Waals surface area contributed by atoms with Crippen LogP contribution in [-0.4, -0.2) is 21.7 Å². The maximum Gasteiger partial charge on any atom is 0.155 e. The van der Waals surface area contributed by atoms with Gasteiger partial charge in [0.05, 0.1) is 17.5 Å². The molecule has 4 heteroatoms. The minimum Gasteiger partial charge on any atom is -0.375 e. The first kappa shape index (κ1) is 9.15. The van der Waals surface area contributed by atoms with Crippen LogP contribution in [0.3, 0.4) is 0 Å². The molecule has 2 aromatic rings. The number of rotatable bonds is 2. The smallest absolute Gasteiger partial charge is 0.155 e. The molecule has 0 aliphatic carbocycles. The first-order chi connectivity index (χ1) is 6.72. The molecule has 0 aliphatic heterocycles. The van der Waals surface area contributed by atoms with E-state index in [-0.39, 0.29) is 6.10 Å². The van der Waals surface area contributed by atoms with E-state index in [1.165, 1.54) is 0 Å². The van der Waals surface area contributed by atoms with Crippen LogP contribution in [0.4, 0.5) is 0 Å². The highest BCUT2D eigenvalue weighted by Gasteiger charge is 2.09. The van der Waals surface area contributed by atoms with Gasteiger partial charge in [0.15, 0.2) is 5.65 Å². The van der Waals surface area contributed by atoms with Crippen molar-refractivity contribution in [2.45, 2.75) is 20.0 Å². The number of fused-ring (bicyclic) bond motifs is 1. The maximum absolute atomic E-state index is 5.26. The summed E-state index contributed by atoms with van der Waals surface area (Å²) in [7, 11) is 1.69. The van der Waals surface area contributed by atoms with Crippen LogP contribution in [0.2, 0.25) is 0 Å². The summed E-state index contributed by atoms with van der Waals surface area (Å²) in [5, 5.41) is 4.36. The minimum absolute atomic E-state index is 0.0276. The predicted molar refractivity (Wildman–Crippen MR) is 53.1 cm³/mol. The third-order valence-corrected chi connectivity index (χ3v) is 2.28. The summed E-state index contributed by atoms with van der Waals surface area (Å²) in [5.41, 5.74) is 2.85. The Labute approximate surface area is 82.5 Å². The topological polar surface area (TPSA) is 39.4 Å². The van der Waals surface area contributed by atoms with E-state index in [4.69, 9.17) is 4.74 Å². The van der Waals surface area contributed by atoms with Crippen LogP contribution >= 0.6 is 0 Å². The molecule has 0 fully saturated rings. The highest BCUT2D eigenvalue weighted by atomic mass is 16.5. The molecule has 2 aromatic heterocycles. The number of hydrogen-bond acceptors (Lipinski definition) is 3. The zero-order valence-electron chi connectivity index (χ0n) is 8.56. The second-order valence-electron chi connectivity index (χ2n) is 3.30.